The van der Waals surface area contributed by atoms with Crippen molar-refractivity contribution in [3.05, 3.63) is 100 Å². The number of nitrogens with two attached hydrogens (primary N) is 2. The minimum absolute atomic E-state index is 0.203. The number of rotatable bonds is 6. The summed E-state index contributed by atoms with van der Waals surface area (Å²) >= 11 is 0. The van der Waals surface area contributed by atoms with Crippen molar-refractivity contribution in [2.45, 2.75) is 18.9 Å². The standard InChI is InChI=1S/C24H22FN5O/c25-18-11-17(12-19(26)10-15-4-2-1-3-5-15)23(27)20(13-18)24-29-21(14-22(31)30-24)16-6-8-28-9-7-16/h1-9,11,13-14,19H,10,12,26-27H2,(H,29,30,31). The number of halogens is 1. The van der Waals surface area contributed by atoms with Crippen LogP contribution in [0.4, 0.5) is 10.1 Å². The number of H-pyrrole nitrogens is 1. The van der Waals surface area contributed by atoms with Crippen molar-refractivity contribution in [1.29, 1.82) is 0 Å². The zero-order chi connectivity index (χ0) is 21.8. The molecule has 0 saturated carbocycles. The number of nitrogens with zero attached hydrogens (tertiary/aromatic N) is 2. The zero-order valence-corrected chi connectivity index (χ0v) is 16.8. The van der Waals surface area contributed by atoms with Gasteiger partial charge in [-0.25, -0.2) is 9.37 Å². The Labute approximate surface area is 178 Å². The quantitative estimate of drug-likeness (QED) is 0.418. The number of hydrogen-bond donors (Lipinski definition) is 3. The largest absolute Gasteiger partial charge is 0.398 e. The normalized spacial score (nSPS) is 11.9. The van der Waals surface area contributed by atoms with Gasteiger partial charge in [-0.2, -0.15) is 0 Å². The highest BCUT2D eigenvalue weighted by atomic mass is 19.1. The Bertz CT molecular complexity index is 1240. The van der Waals surface area contributed by atoms with E-state index in [0.717, 1.165) is 11.1 Å². The lowest BCUT2D eigenvalue weighted by molar-refractivity contribution is 0.619. The second-order valence-corrected chi connectivity index (χ2v) is 7.40. The number of hydrogen-bond acceptors (Lipinski definition) is 5. The fraction of sp³-hybridized carbons (Fsp3) is 0.125. The van der Waals surface area contributed by atoms with Crippen molar-refractivity contribution >= 4 is 5.69 Å². The lowest BCUT2D eigenvalue weighted by Gasteiger charge is -2.16. The first kappa shape index (κ1) is 20.4. The SMILES string of the molecule is Nc1c(CC(N)Cc2ccccc2)cc(F)cc1-c1nc(-c2ccncc2)cc(=O)[nH]1. The number of aromatic nitrogens is 3. The molecule has 0 fully saturated rings. The van der Waals surface area contributed by atoms with Crippen molar-refractivity contribution in [2.24, 2.45) is 5.73 Å². The van der Waals surface area contributed by atoms with Crippen LogP contribution in [0.1, 0.15) is 11.1 Å². The van der Waals surface area contributed by atoms with Gasteiger partial charge in [0, 0.05) is 41.3 Å². The van der Waals surface area contributed by atoms with Crippen molar-refractivity contribution in [2.75, 3.05) is 5.73 Å². The fourth-order valence-corrected chi connectivity index (χ4v) is 3.57. The summed E-state index contributed by atoms with van der Waals surface area (Å²) in [7, 11) is 0. The van der Waals surface area contributed by atoms with Crippen LogP contribution in [0, 0.1) is 5.82 Å². The Morgan fingerprint density at radius 3 is 2.48 bits per heavy atom. The van der Waals surface area contributed by atoms with Crippen LogP contribution >= 0.6 is 0 Å². The summed E-state index contributed by atoms with van der Waals surface area (Å²) in [5.74, 6) is -0.266. The van der Waals surface area contributed by atoms with E-state index in [-0.39, 0.29) is 17.4 Å². The summed E-state index contributed by atoms with van der Waals surface area (Å²) in [6, 6.07) is 17.1. The Morgan fingerprint density at radius 1 is 1.00 bits per heavy atom. The molecular weight excluding hydrogens is 393 g/mol. The first-order valence-electron chi connectivity index (χ1n) is 9.89. The summed E-state index contributed by atoms with van der Waals surface area (Å²) < 4.78 is 14.5. The molecule has 6 nitrogen and oxygen atoms in total. The molecule has 0 aliphatic carbocycles. The van der Waals surface area contributed by atoms with Crippen LogP contribution in [0.2, 0.25) is 0 Å². The number of anilines is 1. The predicted molar refractivity (Wildman–Crippen MR) is 120 cm³/mol. The van der Waals surface area contributed by atoms with Crippen LogP contribution < -0.4 is 17.0 Å². The summed E-state index contributed by atoms with van der Waals surface area (Å²) in [6.07, 6.45) is 4.25. The maximum Gasteiger partial charge on any atom is 0.251 e. The van der Waals surface area contributed by atoms with Crippen LogP contribution in [0.25, 0.3) is 22.6 Å². The molecule has 2 heterocycles. The van der Waals surface area contributed by atoms with Crippen LogP contribution in [0.5, 0.6) is 0 Å². The Balaban J connectivity index is 1.68. The van der Waals surface area contributed by atoms with Gasteiger partial charge in [-0.1, -0.05) is 30.3 Å². The second kappa shape index (κ2) is 8.89. The van der Waals surface area contributed by atoms with Crippen LogP contribution in [-0.2, 0) is 12.8 Å². The summed E-state index contributed by atoms with van der Waals surface area (Å²) in [4.78, 5) is 23.4. The molecule has 1 atom stereocenters. The van der Waals surface area contributed by atoms with Crippen molar-refractivity contribution in [3.8, 4) is 22.6 Å². The van der Waals surface area contributed by atoms with E-state index in [0.29, 0.717) is 35.3 Å². The van der Waals surface area contributed by atoms with Gasteiger partial charge in [-0.3, -0.25) is 9.78 Å². The highest BCUT2D eigenvalue weighted by Crippen LogP contribution is 2.29. The number of benzene rings is 2. The van der Waals surface area contributed by atoms with Gasteiger partial charge < -0.3 is 16.5 Å². The second-order valence-electron chi connectivity index (χ2n) is 7.40. The Morgan fingerprint density at radius 2 is 1.74 bits per heavy atom. The van der Waals surface area contributed by atoms with Gasteiger partial charge in [-0.15, -0.1) is 0 Å². The lowest BCUT2D eigenvalue weighted by atomic mass is 9.96. The van der Waals surface area contributed by atoms with Gasteiger partial charge in [-0.05, 0) is 48.2 Å². The van der Waals surface area contributed by atoms with Crippen molar-refractivity contribution < 1.29 is 4.39 Å². The molecule has 0 spiro atoms. The topological polar surface area (TPSA) is 111 Å². The molecule has 156 valence electrons. The molecule has 0 aliphatic rings. The summed E-state index contributed by atoms with van der Waals surface area (Å²) in [6.45, 7) is 0. The van der Waals surface area contributed by atoms with E-state index >= 15 is 0 Å². The molecule has 4 rings (SSSR count). The molecule has 0 aliphatic heterocycles. The van der Waals surface area contributed by atoms with Crippen molar-refractivity contribution in [3.63, 3.8) is 0 Å². The molecule has 0 amide bonds. The maximum atomic E-state index is 14.5. The van der Waals surface area contributed by atoms with Crippen LogP contribution in [0.3, 0.4) is 0 Å². The first-order valence-corrected chi connectivity index (χ1v) is 9.89. The third kappa shape index (κ3) is 4.84. The third-order valence-corrected chi connectivity index (χ3v) is 5.03. The smallest absolute Gasteiger partial charge is 0.251 e. The van der Waals surface area contributed by atoms with Crippen LogP contribution in [0.15, 0.2) is 77.9 Å². The highest BCUT2D eigenvalue weighted by molar-refractivity contribution is 5.75. The molecule has 4 aromatic rings. The molecule has 2 aromatic heterocycles. The molecular formula is C24H22FN5O. The van der Waals surface area contributed by atoms with E-state index < -0.39 is 5.82 Å². The minimum atomic E-state index is -0.469. The van der Waals surface area contributed by atoms with E-state index in [1.54, 1.807) is 24.5 Å². The zero-order valence-electron chi connectivity index (χ0n) is 16.8. The average molecular weight is 415 g/mol. The van der Waals surface area contributed by atoms with Gasteiger partial charge in [0.25, 0.3) is 5.56 Å². The van der Waals surface area contributed by atoms with Crippen LogP contribution in [-0.4, -0.2) is 21.0 Å². The number of nitrogens with one attached hydrogen (secondary N) is 1. The van der Waals surface area contributed by atoms with E-state index in [4.69, 9.17) is 11.5 Å². The predicted octanol–water partition coefficient (Wildman–Crippen LogP) is 3.33. The van der Waals surface area contributed by atoms with Gasteiger partial charge in [0.1, 0.15) is 11.6 Å². The molecule has 2 aromatic carbocycles. The summed E-state index contributed by atoms with van der Waals surface area (Å²) in [5, 5.41) is 0. The van der Waals surface area contributed by atoms with Gasteiger partial charge in [0.2, 0.25) is 0 Å². The van der Waals surface area contributed by atoms with E-state index in [1.165, 1.54) is 18.2 Å². The molecule has 0 radical (unpaired) electrons. The Hall–Kier alpha value is -3.84. The van der Waals surface area contributed by atoms with Crippen molar-refractivity contribution in [1.82, 2.24) is 15.0 Å². The van der Waals surface area contributed by atoms with E-state index in [9.17, 15) is 9.18 Å². The minimum Gasteiger partial charge on any atom is -0.398 e. The molecule has 1 unspecified atom stereocenters. The molecule has 0 bridgehead atoms. The number of aromatic amines is 1. The molecule has 5 N–H and O–H groups in total. The fourth-order valence-electron chi connectivity index (χ4n) is 3.57. The first-order chi connectivity index (χ1) is 15.0. The summed E-state index contributed by atoms with van der Waals surface area (Å²) in [5.41, 5.74) is 15.9. The Kier molecular flexibility index (Phi) is 5.86. The highest BCUT2D eigenvalue weighted by Gasteiger charge is 2.16. The molecule has 7 heteroatoms. The van der Waals surface area contributed by atoms with Gasteiger partial charge in [0.05, 0.1) is 5.69 Å². The maximum absolute atomic E-state index is 14.5. The van der Waals surface area contributed by atoms with E-state index in [2.05, 4.69) is 15.0 Å². The van der Waals surface area contributed by atoms with Gasteiger partial charge in [0.15, 0.2) is 0 Å². The lowest BCUT2D eigenvalue weighted by Crippen LogP contribution is -2.26. The number of pyridine rings is 1. The average Bonchev–Trinajstić information content (AvgIpc) is 2.77. The van der Waals surface area contributed by atoms with Gasteiger partial charge >= 0.3 is 0 Å². The molecule has 31 heavy (non-hydrogen) atoms. The molecule has 0 saturated heterocycles. The number of nitrogen functional groups attached to an aromatic ring is 1. The monoisotopic (exact) mass is 415 g/mol. The van der Waals surface area contributed by atoms with E-state index in [1.807, 2.05) is 30.3 Å². The third-order valence-electron chi connectivity index (χ3n) is 5.03.